The SMILES string of the molecule is CC/C(=C(/c1ccc(O)cc1)c1ccc(/C=C/C(=O)OC(C)(C)C)cc1)c1ccccc1.CC/C(=C(\c1ccc(/C=C/C(=O)O)cc1)c1ccc(OC(C)=O)cc1)c1ccccc1.CC/C(=C(\c1ccc(/C=C/C(=O)OC(C)(C)C)cc1)c1ccc(OC(=O)Oc2ccc([N+](=O)[O-])cc2)cc1)c1ccccc1. The number of phenols is 1. The molecule has 0 aliphatic rings. The Morgan fingerprint density at radius 1 is 0.374 bits per heavy atom. The number of hydrogen-bond acceptors (Lipinski definition) is 13. The van der Waals surface area contributed by atoms with E-state index in [2.05, 4.69) is 69.3 Å². The van der Waals surface area contributed by atoms with Crippen LogP contribution in [0.15, 0.2) is 279 Å². The van der Waals surface area contributed by atoms with Gasteiger partial charge in [-0.15, -0.1) is 0 Å². The third kappa shape index (κ3) is 24.9. The van der Waals surface area contributed by atoms with Crippen LogP contribution in [0.25, 0.3) is 51.7 Å². The average molecular weight is 1430 g/mol. The molecule has 10 rings (SSSR count). The highest BCUT2D eigenvalue weighted by Gasteiger charge is 2.20. The van der Waals surface area contributed by atoms with Gasteiger partial charge in [0.05, 0.1) is 4.92 Å². The van der Waals surface area contributed by atoms with Crippen molar-refractivity contribution in [2.45, 2.75) is 99.7 Å². The summed E-state index contributed by atoms with van der Waals surface area (Å²) in [6.45, 7) is 18.8. The number of esters is 3. The molecular formula is C92H87NO14. The molecule has 15 nitrogen and oxygen atoms in total. The van der Waals surface area contributed by atoms with E-state index in [-0.39, 0.29) is 34.9 Å². The quantitative estimate of drug-likeness (QED) is 0.0123. The van der Waals surface area contributed by atoms with E-state index in [1.54, 1.807) is 54.6 Å². The maximum Gasteiger partial charge on any atom is 0.519 e. The van der Waals surface area contributed by atoms with E-state index >= 15 is 0 Å². The van der Waals surface area contributed by atoms with E-state index in [0.29, 0.717) is 5.75 Å². The minimum Gasteiger partial charge on any atom is -0.508 e. The van der Waals surface area contributed by atoms with Gasteiger partial charge in [-0.1, -0.05) is 221 Å². The van der Waals surface area contributed by atoms with Crippen LogP contribution in [0, 0.1) is 10.1 Å². The van der Waals surface area contributed by atoms with Gasteiger partial charge in [-0.25, -0.2) is 19.2 Å². The lowest BCUT2D eigenvalue weighted by molar-refractivity contribution is -0.384. The lowest BCUT2D eigenvalue weighted by atomic mass is 9.88. The van der Waals surface area contributed by atoms with Crippen LogP contribution < -0.4 is 14.2 Å². The van der Waals surface area contributed by atoms with Crippen LogP contribution in [-0.4, -0.2) is 56.4 Å². The predicted molar refractivity (Wildman–Crippen MR) is 426 cm³/mol. The second-order valence-corrected chi connectivity index (χ2v) is 26.4. The van der Waals surface area contributed by atoms with Crippen molar-refractivity contribution in [2.75, 3.05) is 0 Å². The predicted octanol–water partition coefficient (Wildman–Crippen LogP) is 22.1. The van der Waals surface area contributed by atoms with E-state index in [9.17, 15) is 39.2 Å². The van der Waals surface area contributed by atoms with Gasteiger partial charge in [0, 0.05) is 37.3 Å². The molecule has 0 fully saturated rings. The number of aromatic hydroxyl groups is 1. The molecule has 0 aromatic heterocycles. The molecule has 0 heterocycles. The smallest absolute Gasteiger partial charge is 0.508 e. The molecule has 0 unspecified atom stereocenters. The van der Waals surface area contributed by atoms with Crippen LogP contribution in [0.1, 0.15) is 155 Å². The minimum absolute atomic E-state index is 0.112. The molecule has 107 heavy (non-hydrogen) atoms. The molecule has 2 N–H and O–H groups in total. The van der Waals surface area contributed by atoms with Crippen molar-refractivity contribution in [3.8, 4) is 23.0 Å². The maximum absolute atomic E-state index is 12.4. The molecule has 0 bridgehead atoms. The summed E-state index contributed by atoms with van der Waals surface area (Å²) in [4.78, 5) is 68.8. The summed E-state index contributed by atoms with van der Waals surface area (Å²) >= 11 is 0. The Labute approximate surface area is 625 Å². The number of nitro benzene ring substituents is 1. The molecular weight excluding hydrogens is 1340 g/mol. The Bertz CT molecular complexity index is 4850. The number of allylic oxidation sites excluding steroid dienone is 3. The van der Waals surface area contributed by atoms with Crippen molar-refractivity contribution in [1.82, 2.24) is 0 Å². The highest BCUT2D eigenvalue weighted by Crippen LogP contribution is 2.39. The van der Waals surface area contributed by atoms with Gasteiger partial charge in [0.2, 0.25) is 0 Å². The summed E-state index contributed by atoms with van der Waals surface area (Å²) in [5, 5.41) is 29.5. The third-order valence-electron chi connectivity index (χ3n) is 16.1. The van der Waals surface area contributed by atoms with E-state index in [0.717, 1.165) is 109 Å². The highest BCUT2D eigenvalue weighted by molar-refractivity contribution is 6.01. The van der Waals surface area contributed by atoms with Gasteiger partial charge in [0.1, 0.15) is 34.2 Å². The molecule has 544 valence electrons. The zero-order valence-corrected chi connectivity index (χ0v) is 61.7. The zero-order chi connectivity index (χ0) is 77.0. The van der Waals surface area contributed by atoms with Crippen LogP contribution in [-0.2, 0) is 28.7 Å². The van der Waals surface area contributed by atoms with Crippen LogP contribution in [0.4, 0.5) is 10.5 Å². The van der Waals surface area contributed by atoms with Crippen molar-refractivity contribution in [3.63, 3.8) is 0 Å². The fraction of sp³-hybridized carbons (Fsp3) is 0.163. The molecule has 10 aromatic carbocycles. The summed E-state index contributed by atoms with van der Waals surface area (Å²) < 4.78 is 26.4. The normalized spacial score (nSPS) is 12.1. The summed E-state index contributed by atoms with van der Waals surface area (Å²) in [6.07, 6.45) is 10.5. The van der Waals surface area contributed by atoms with E-state index in [4.69, 9.17) is 28.8 Å². The van der Waals surface area contributed by atoms with Crippen molar-refractivity contribution in [2.24, 2.45) is 0 Å². The second-order valence-electron chi connectivity index (χ2n) is 26.4. The number of aliphatic carboxylic acids is 1. The topological polar surface area (TPSA) is 215 Å². The van der Waals surface area contributed by atoms with Gasteiger partial charge in [0.15, 0.2) is 0 Å². The summed E-state index contributed by atoms with van der Waals surface area (Å²) in [5.74, 6) is -0.942. The molecule has 15 heteroatoms. The Balaban J connectivity index is 0.000000207. The molecule has 0 saturated carbocycles. The molecule has 0 radical (unpaired) electrons. The molecule has 0 amide bonds. The van der Waals surface area contributed by atoms with Crippen LogP contribution in [0.5, 0.6) is 23.0 Å². The zero-order valence-electron chi connectivity index (χ0n) is 61.7. The number of carbonyl (C=O) groups excluding carboxylic acids is 4. The Hall–Kier alpha value is -13.0. The number of carboxylic acids is 1. The Morgan fingerprint density at radius 3 is 0.916 bits per heavy atom. The third-order valence-corrected chi connectivity index (χ3v) is 16.1. The van der Waals surface area contributed by atoms with Crippen molar-refractivity contribution in [3.05, 3.63) is 356 Å². The van der Waals surface area contributed by atoms with Gasteiger partial charge in [0.25, 0.3) is 5.69 Å². The maximum atomic E-state index is 12.4. The number of hydrogen-bond donors (Lipinski definition) is 2. The van der Waals surface area contributed by atoms with Gasteiger partial charge >= 0.3 is 30.0 Å². The van der Waals surface area contributed by atoms with Crippen molar-refractivity contribution >= 4 is 87.4 Å². The van der Waals surface area contributed by atoms with Gasteiger partial charge in [-0.05, 0) is 228 Å². The van der Waals surface area contributed by atoms with E-state index in [1.165, 1.54) is 60.1 Å². The fourth-order valence-electron chi connectivity index (χ4n) is 11.5. The van der Waals surface area contributed by atoms with E-state index in [1.807, 2.05) is 193 Å². The van der Waals surface area contributed by atoms with Crippen molar-refractivity contribution < 1.29 is 62.8 Å². The average Bonchev–Trinajstić information content (AvgIpc) is 0.805. The molecule has 0 aliphatic heterocycles. The molecule has 10 aromatic rings. The number of carboxylic acid groups (broad SMARTS) is 1. The first-order valence-electron chi connectivity index (χ1n) is 35.0. The number of ether oxygens (including phenoxy) is 5. The summed E-state index contributed by atoms with van der Waals surface area (Å²) in [6, 6.07) is 81.6. The fourth-order valence-corrected chi connectivity index (χ4v) is 11.5. The second kappa shape index (κ2) is 38.5. The lowest BCUT2D eigenvalue weighted by Gasteiger charge is -2.18. The van der Waals surface area contributed by atoms with Crippen LogP contribution in [0.2, 0.25) is 0 Å². The first-order valence-corrected chi connectivity index (χ1v) is 35.0. The number of rotatable bonds is 22. The van der Waals surface area contributed by atoms with Gasteiger partial charge in [-0.2, -0.15) is 0 Å². The molecule has 0 spiro atoms. The van der Waals surface area contributed by atoms with Gasteiger partial charge in [-0.3, -0.25) is 14.9 Å². The van der Waals surface area contributed by atoms with Crippen molar-refractivity contribution in [1.29, 1.82) is 0 Å². The number of benzene rings is 10. The number of nitro groups is 1. The summed E-state index contributed by atoms with van der Waals surface area (Å²) in [7, 11) is 0. The Kier molecular flexibility index (Phi) is 28.7. The van der Waals surface area contributed by atoms with Crippen LogP contribution >= 0.6 is 0 Å². The van der Waals surface area contributed by atoms with E-state index < -0.39 is 34.2 Å². The number of nitrogens with zero attached hydrogens (tertiary/aromatic N) is 1. The summed E-state index contributed by atoms with van der Waals surface area (Å²) in [5.41, 5.74) is 17.6. The monoisotopic (exact) mass is 1430 g/mol. The number of phenolic OH excluding ortho intramolecular Hbond substituents is 1. The van der Waals surface area contributed by atoms with Crippen LogP contribution in [0.3, 0.4) is 0 Å². The first-order chi connectivity index (χ1) is 51.3. The lowest BCUT2D eigenvalue weighted by Crippen LogP contribution is -2.22. The molecule has 0 atom stereocenters. The standard InChI is InChI=1S/C36H33NO7.C29H30O3.C27H24O4/c1-5-32(26-9-7-6-8-10-26)34(27-14-11-25(12-15-27)13-24-33(38)44-36(2,3)4)28-16-20-30(21-17-28)42-35(39)43-31-22-18-29(19-23-31)37(40)41;1-5-26(22-9-7-6-8-10-22)28(24-16-18-25(30)19-17-24)23-14-11-21(12-15-23)13-20-27(31)32-29(2,3)4;1-3-25(21-7-5-4-6-8-21)27(23-14-16-24(17-15-23)31-19(2)28)22-12-9-20(10-13-22)11-18-26(29)30/h6-24H,5H2,1-4H3;6-20,30H,5H2,1-4H3;4-18H,3H2,1-2H3,(H,29,30)/b24-13+,34-32-;20-13+,28-26-;18-11+,27-25-. The number of carbonyl (C=O) groups is 5. The Morgan fingerprint density at radius 2 is 0.645 bits per heavy atom. The first kappa shape index (κ1) is 79.7. The largest absolute Gasteiger partial charge is 0.519 e. The molecule has 0 saturated heterocycles. The number of non-ortho nitro benzene ring substituents is 1. The highest BCUT2D eigenvalue weighted by atomic mass is 16.7. The minimum atomic E-state index is -0.977. The molecule has 0 aliphatic carbocycles. The van der Waals surface area contributed by atoms with Gasteiger partial charge < -0.3 is 33.9 Å².